The highest BCUT2D eigenvalue weighted by Gasteiger charge is 2.14. The molecule has 6 nitrogen and oxygen atoms in total. The molecular weight excluding hydrogens is 328 g/mol. The molecule has 2 unspecified atom stereocenters. The number of rotatable bonds is 4. The second kappa shape index (κ2) is 7.77. The summed E-state index contributed by atoms with van der Waals surface area (Å²) in [7, 11) is 3.87. The van der Waals surface area contributed by atoms with Crippen molar-refractivity contribution in [2.24, 2.45) is 9.98 Å². The zero-order chi connectivity index (χ0) is 18.5. The molecular formula is C20H20N4O2+2. The molecule has 2 aliphatic heterocycles. The van der Waals surface area contributed by atoms with Gasteiger partial charge in [0.15, 0.2) is 23.0 Å². The van der Waals surface area contributed by atoms with Gasteiger partial charge in [0.05, 0.1) is 37.9 Å². The van der Waals surface area contributed by atoms with E-state index in [4.69, 9.17) is 0 Å². The molecule has 0 aliphatic carbocycles. The van der Waals surface area contributed by atoms with E-state index < -0.39 is 0 Å². The Labute approximate surface area is 151 Å². The summed E-state index contributed by atoms with van der Waals surface area (Å²) >= 11 is 0. The maximum absolute atomic E-state index is 11.5. The summed E-state index contributed by atoms with van der Waals surface area (Å²) in [6, 6.07) is 7.48. The molecule has 2 N–H and O–H groups in total. The van der Waals surface area contributed by atoms with E-state index in [1.54, 1.807) is 37.0 Å². The van der Waals surface area contributed by atoms with E-state index in [1.165, 1.54) is 12.2 Å². The minimum atomic E-state index is -0.0451. The van der Waals surface area contributed by atoms with Gasteiger partial charge in [0, 0.05) is 24.3 Å². The van der Waals surface area contributed by atoms with E-state index in [9.17, 15) is 9.59 Å². The Morgan fingerprint density at radius 3 is 1.62 bits per heavy atom. The van der Waals surface area contributed by atoms with Gasteiger partial charge in [-0.15, -0.1) is 0 Å². The van der Waals surface area contributed by atoms with E-state index in [0.717, 1.165) is 21.2 Å². The van der Waals surface area contributed by atoms with Gasteiger partial charge in [0.2, 0.25) is 0 Å². The van der Waals surface area contributed by atoms with Crippen LogP contribution in [0.3, 0.4) is 0 Å². The number of aliphatic imine (C=N–C) groups is 2. The number of hydrogen-bond acceptors (Lipinski definition) is 4. The number of hydrogen-bond donors (Lipinski definition) is 2. The van der Waals surface area contributed by atoms with Gasteiger partial charge in [0.25, 0.3) is 0 Å². The molecule has 0 radical (unpaired) electrons. The quantitative estimate of drug-likeness (QED) is 0.757. The number of carbonyl (C=O) groups excluding carboxylic acids is 2. The largest absolute Gasteiger partial charge is 0.289 e. The molecule has 0 bridgehead atoms. The zero-order valence-electron chi connectivity index (χ0n) is 14.6. The number of benzene rings is 1. The Morgan fingerprint density at radius 2 is 1.19 bits per heavy atom. The summed E-state index contributed by atoms with van der Waals surface area (Å²) in [5.74, 6) is -0.0901. The first-order chi connectivity index (χ1) is 12.5. The lowest BCUT2D eigenvalue weighted by Gasteiger charge is -2.11. The molecule has 2 aliphatic rings. The topological polar surface area (TPSA) is 67.7 Å². The fourth-order valence-corrected chi connectivity index (χ4v) is 2.48. The van der Waals surface area contributed by atoms with Crippen LogP contribution in [-0.4, -0.2) is 38.1 Å². The van der Waals surface area contributed by atoms with Gasteiger partial charge >= 0.3 is 0 Å². The predicted octanol–water partition coefficient (Wildman–Crippen LogP) is 0.0812. The number of carbonyl (C=O) groups is 2. The SMILES string of the molecule is C[NH+]1C=CC(=O)C=C1C=Nc1ccccc1N=CC1=CC(=O)C=C[NH+]1C. The van der Waals surface area contributed by atoms with Gasteiger partial charge in [-0.05, 0) is 12.1 Å². The van der Waals surface area contributed by atoms with Gasteiger partial charge in [-0.2, -0.15) is 0 Å². The summed E-state index contributed by atoms with van der Waals surface area (Å²) in [5, 5.41) is 0. The Kier molecular flexibility index (Phi) is 5.26. The molecule has 0 fully saturated rings. The molecule has 0 spiro atoms. The van der Waals surface area contributed by atoms with E-state index in [0.29, 0.717) is 11.4 Å². The second-order valence-corrected chi connectivity index (χ2v) is 6.04. The lowest BCUT2D eigenvalue weighted by Crippen LogP contribution is -3.03. The molecule has 3 rings (SSSR count). The van der Waals surface area contributed by atoms with E-state index >= 15 is 0 Å². The van der Waals surface area contributed by atoms with Gasteiger partial charge in [0.1, 0.15) is 12.4 Å². The predicted molar refractivity (Wildman–Crippen MR) is 101 cm³/mol. The van der Waals surface area contributed by atoms with Crippen molar-refractivity contribution in [1.29, 1.82) is 0 Å². The van der Waals surface area contributed by atoms with Crippen molar-refractivity contribution < 1.29 is 19.4 Å². The van der Waals surface area contributed by atoms with Crippen LogP contribution in [0, 0.1) is 0 Å². The standard InChI is InChI=1S/C20H18N4O2/c1-23-9-7-17(25)11-15(23)13-21-19-5-3-4-6-20(19)22-14-16-12-18(26)8-10-24(16)2/h3-14H,1-2H3/p+2. The number of quaternary nitrogens is 2. The van der Waals surface area contributed by atoms with Crippen molar-refractivity contribution in [2.75, 3.05) is 14.1 Å². The first kappa shape index (κ1) is 17.6. The van der Waals surface area contributed by atoms with Crippen LogP contribution in [0.15, 0.2) is 82.3 Å². The van der Waals surface area contributed by atoms with Crippen molar-refractivity contribution in [3.8, 4) is 0 Å². The summed E-state index contributed by atoms with van der Waals surface area (Å²) in [4.78, 5) is 34.0. The Bertz CT molecular complexity index is 844. The summed E-state index contributed by atoms with van der Waals surface area (Å²) in [6.07, 6.45) is 13.1. The summed E-state index contributed by atoms with van der Waals surface area (Å²) in [5.41, 5.74) is 2.95. The molecule has 2 atom stereocenters. The maximum Gasteiger partial charge on any atom is 0.189 e. The number of nitrogens with zero attached hydrogens (tertiary/aromatic N) is 2. The third kappa shape index (κ3) is 4.24. The van der Waals surface area contributed by atoms with E-state index in [1.807, 2.05) is 38.4 Å². The van der Waals surface area contributed by atoms with Crippen molar-refractivity contribution in [3.05, 3.63) is 72.4 Å². The third-order valence-corrected chi connectivity index (χ3v) is 4.07. The monoisotopic (exact) mass is 348 g/mol. The van der Waals surface area contributed by atoms with Crippen LogP contribution in [0.2, 0.25) is 0 Å². The molecule has 1 aromatic rings. The van der Waals surface area contributed by atoms with Crippen LogP contribution in [0.4, 0.5) is 11.4 Å². The zero-order valence-corrected chi connectivity index (χ0v) is 14.6. The first-order valence-corrected chi connectivity index (χ1v) is 8.25. The fourth-order valence-electron chi connectivity index (χ4n) is 2.48. The number of ketones is 2. The van der Waals surface area contributed by atoms with Gasteiger partial charge in [-0.25, -0.2) is 9.98 Å². The number of nitrogens with one attached hydrogen (secondary N) is 2. The fraction of sp³-hybridized carbons (Fsp3) is 0.100. The number of para-hydroxylation sites is 2. The minimum Gasteiger partial charge on any atom is -0.289 e. The first-order valence-electron chi connectivity index (χ1n) is 8.25. The van der Waals surface area contributed by atoms with Crippen molar-refractivity contribution in [3.63, 3.8) is 0 Å². The highest BCUT2D eigenvalue weighted by atomic mass is 16.1. The van der Waals surface area contributed by atoms with Crippen LogP contribution in [0.25, 0.3) is 0 Å². The summed E-state index contributed by atoms with van der Waals surface area (Å²) in [6.45, 7) is 0. The molecule has 0 saturated heterocycles. The Hall–Kier alpha value is -3.22. The molecule has 0 amide bonds. The lowest BCUT2D eigenvalue weighted by atomic mass is 10.2. The average Bonchev–Trinajstić information content (AvgIpc) is 2.64. The van der Waals surface area contributed by atoms with E-state index in [-0.39, 0.29) is 11.6 Å². The second-order valence-electron chi connectivity index (χ2n) is 6.04. The average molecular weight is 348 g/mol. The van der Waals surface area contributed by atoms with Crippen LogP contribution in [0.1, 0.15) is 0 Å². The number of allylic oxidation sites excluding steroid dienone is 6. The van der Waals surface area contributed by atoms with Gasteiger partial charge < -0.3 is 0 Å². The van der Waals surface area contributed by atoms with E-state index in [2.05, 4.69) is 9.98 Å². The highest BCUT2D eigenvalue weighted by Crippen LogP contribution is 2.26. The Balaban J connectivity index is 1.83. The molecule has 0 saturated carbocycles. The molecule has 1 aromatic carbocycles. The van der Waals surface area contributed by atoms with Crippen molar-refractivity contribution in [2.45, 2.75) is 0 Å². The van der Waals surface area contributed by atoms with Gasteiger partial charge in [-0.3, -0.25) is 19.4 Å². The maximum atomic E-state index is 11.5. The van der Waals surface area contributed by atoms with Crippen LogP contribution >= 0.6 is 0 Å². The van der Waals surface area contributed by atoms with Crippen LogP contribution < -0.4 is 9.80 Å². The van der Waals surface area contributed by atoms with Gasteiger partial charge in [-0.1, -0.05) is 12.1 Å². The lowest BCUT2D eigenvalue weighted by molar-refractivity contribution is -0.775. The molecule has 0 aromatic heterocycles. The molecule has 6 heteroatoms. The highest BCUT2D eigenvalue weighted by molar-refractivity contribution is 6.04. The molecule has 2 heterocycles. The third-order valence-electron chi connectivity index (χ3n) is 4.07. The van der Waals surface area contributed by atoms with Crippen LogP contribution in [0.5, 0.6) is 0 Å². The normalized spacial score (nSPS) is 23.0. The smallest absolute Gasteiger partial charge is 0.189 e. The van der Waals surface area contributed by atoms with Crippen molar-refractivity contribution >= 4 is 35.4 Å². The van der Waals surface area contributed by atoms with Crippen molar-refractivity contribution in [1.82, 2.24) is 0 Å². The minimum absolute atomic E-state index is 0.0451. The van der Waals surface area contributed by atoms with Crippen LogP contribution in [-0.2, 0) is 9.59 Å². The molecule has 130 valence electrons. The molecule has 26 heavy (non-hydrogen) atoms. The Morgan fingerprint density at radius 1 is 0.769 bits per heavy atom. The summed E-state index contributed by atoms with van der Waals surface area (Å²) < 4.78 is 0.